The predicted octanol–water partition coefficient (Wildman–Crippen LogP) is 18.1. The Morgan fingerprint density at radius 1 is 0.371 bits per heavy atom. The number of carbonyl (C=O) groups excluding carboxylic acids is 2. The zero-order valence-corrected chi connectivity index (χ0v) is 41.4. The van der Waals surface area contributed by atoms with Gasteiger partial charge in [0.2, 0.25) is 0 Å². The molecule has 0 aromatic heterocycles. The number of hydrogen-bond donors (Lipinski definition) is 0. The van der Waals surface area contributed by atoms with Crippen LogP contribution >= 0.6 is 0 Å². The van der Waals surface area contributed by atoms with Crippen LogP contribution in [0.2, 0.25) is 0 Å². The second kappa shape index (κ2) is 52.9. The summed E-state index contributed by atoms with van der Waals surface area (Å²) >= 11 is 0. The third-order valence-electron chi connectivity index (χ3n) is 11.6. The average Bonchev–Trinajstić information content (AvgIpc) is 3.27. The van der Waals surface area contributed by atoms with E-state index < -0.39 is 6.10 Å². The molecule has 0 saturated carbocycles. The normalized spacial score (nSPS) is 12.6. The Balaban J connectivity index is 4.30. The Morgan fingerprint density at radius 3 is 1.23 bits per heavy atom. The summed E-state index contributed by atoms with van der Waals surface area (Å²) < 4.78 is 17.4. The maximum atomic E-state index is 12.8. The highest BCUT2D eigenvalue weighted by atomic mass is 16.6. The molecule has 62 heavy (non-hydrogen) atoms. The monoisotopic (exact) mass is 867 g/mol. The largest absolute Gasteiger partial charge is 0.462 e. The molecule has 5 nitrogen and oxygen atoms in total. The van der Waals surface area contributed by atoms with Crippen LogP contribution in [0.4, 0.5) is 0 Å². The van der Waals surface area contributed by atoms with Crippen molar-refractivity contribution in [2.45, 2.75) is 271 Å². The van der Waals surface area contributed by atoms with Gasteiger partial charge in [-0.3, -0.25) is 9.59 Å². The number of unbranched alkanes of at least 4 members (excludes halogenated alkanes) is 28. The van der Waals surface area contributed by atoms with Crippen LogP contribution in [0.25, 0.3) is 0 Å². The number of esters is 2. The molecule has 0 saturated heterocycles. The van der Waals surface area contributed by atoms with Gasteiger partial charge in [0, 0.05) is 19.4 Å². The van der Waals surface area contributed by atoms with Crippen LogP contribution in [0.1, 0.15) is 265 Å². The zero-order valence-electron chi connectivity index (χ0n) is 41.4. The highest BCUT2D eigenvalue weighted by molar-refractivity contribution is 5.70. The Kier molecular flexibility index (Phi) is 50.9. The lowest BCUT2D eigenvalue weighted by molar-refractivity contribution is -0.162. The smallest absolute Gasteiger partial charge is 0.306 e. The fourth-order valence-corrected chi connectivity index (χ4v) is 7.58. The highest BCUT2D eigenvalue weighted by Crippen LogP contribution is 2.15. The molecule has 5 heteroatoms. The summed E-state index contributed by atoms with van der Waals surface area (Å²) in [7, 11) is 0. The molecule has 0 amide bonds. The molecule has 0 aliphatic rings. The van der Waals surface area contributed by atoms with Crippen molar-refractivity contribution in [3.05, 3.63) is 60.8 Å². The van der Waals surface area contributed by atoms with E-state index in [2.05, 4.69) is 75.5 Å². The van der Waals surface area contributed by atoms with Crippen LogP contribution in [0.3, 0.4) is 0 Å². The zero-order chi connectivity index (χ0) is 44.9. The maximum absolute atomic E-state index is 12.8. The van der Waals surface area contributed by atoms with E-state index in [9.17, 15) is 9.59 Å². The molecule has 0 radical (unpaired) electrons. The summed E-state index contributed by atoms with van der Waals surface area (Å²) in [4.78, 5) is 25.4. The molecule has 0 rings (SSSR count). The quantitative estimate of drug-likeness (QED) is 0.0346. The Morgan fingerprint density at radius 2 is 0.758 bits per heavy atom. The summed E-state index contributed by atoms with van der Waals surface area (Å²) in [5, 5.41) is 0. The lowest BCUT2D eigenvalue weighted by Crippen LogP contribution is -2.30. The van der Waals surface area contributed by atoms with Gasteiger partial charge in [0.05, 0.1) is 6.61 Å². The van der Waals surface area contributed by atoms with Gasteiger partial charge in [-0.05, 0) is 70.6 Å². The van der Waals surface area contributed by atoms with E-state index >= 15 is 0 Å². The van der Waals surface area contributed by atoms with E-state index in [1.807, 2.05) is 6.08 Å². The Hall–Kier alpha value is -2.40. The number of rotatable bonds is 49. The van der Waals surface area contributed by atoms with Crippen LogP contribution in [0.5, 0.6) is 0 Å². The second-order valence-corrected chi connectivity index (χ2v) is 17.8. The third-order valence-corrected chi connectivity index (χ3v) is 11.6. The number of hydrogen-bond acceptors (Lipinski definition) is 5. The number of allylic oxidation sites excluding steroid dienone is 10. The van der Waals surface area contributed by atoms with Crippen molar-refractivity contribution in [1.82, 2.24) is 0 Å². The summed E-state index contributed by atoms with van der Waals surface area (Å²) in [6, 6.07) is 0. The van der Waals surface area contributed by atoms with Crippen LogP contribution in [0, 0.1) is 0 Å². The SMILES string of the molecule is CC/C=C\C/C=C\C/C=C\C/C=C\CCC(=O)OC(COCCCCCCCCCC/C=C\CCCCCCCC)COC(=O)CCCCCCCCCCCCCCCCC. The van der Waals surface area contributed by atoms with E-state index in [0.29, 0.717) is 25.9 Å². The number of carbonyl (C=O) groups is 2. The second-order valence-electron chi connectivity index (χ2n) is 17.8. The molecule has 1 unspecified atom stereocenters. The van der Waals surface area contributed by atoms with E-state index in [1.54, 1.807) is 0 Å². The van der Waals surface area contributed by atoms with Crippen LogP contribution in [-0.2, 0) is 23.8 Å². The van der Waals surface area contributed by atoms with Crippen LogP contribution in [0.15, 0.2) is 60.8 Å². The molecule has 0 aromatic carbocycles. The summed E-state index contributed by atoms with van der Waals surface area (Å²) in [6.07, 6.45) is 66.8. The van der Waals surface area contributed by atoms with Gasteiger partial charge in [-0.25, -0.2) is 0 Å². The van der Waals surface area contributed by atoms with E-state index in [0.717, 1.165) is 51.4 Å². The minimum absolute atomic E-state index is 0.0577. The minimum atomic E-state index is -0.574. The van der Waals surface area contributed by atoms with Crippen molar-refractivity contribution >= 4 is 11.9 Å². The van der Waals surface area contributed by atoms with Gasteiger partial charge >= 0.3 is 11.9 Å². The standard InChI is InChI=1S/C57H102O5/c1-4-7-10-13-16-19-22-25-27-28-29-31-34-37-40-43-46-49-52-60-53-55(62-57(59)51-48-45-42-39-36-32-24-21-18-15-12-9-6-3)54-61-56(58)50-47-44-41-38-35-33-30-26-23-20-17-14-11-8-5-2/h9,12,18,21,25,27,32,36,42,45,55H,4-8,10-11,13-17,19-20,22-24,26,28-31,33-35,37-41,43-44,46-54H2,1-3H3/b12-9-,21-18-,27-25-,36-32-,45-42-. The molecule has 0 aromatic rings. The maximum Gasteiger partial charge on any atom is 0.306 e. The minimum Gasteiger partial charge on any atom is -0.462 e. The van der Waals surface area contributed by atoms with Gasteiger partial charge in [0.25, 0.3) is 0 Å². The molecule has 360 valence electrons. The van der Waals surface area contributed by atoms with Gasteiger partial charge in [-0.2, -0.15) is 0 Å². The van der Waals surface area contributed by atoms with Gasteiger partial charge in [-0.15, -0.1) is 0 Å². The molecule has 0 N–H and O–H groups in total. The first-order valence-electron chi connectivity index (χ1n) is 26.8. The first-order chi connectivity index (χ1) is 30.6. The van der Waals surface area contributed by atoms with Crippen molar-refractivity contribution < 1.29 is 23.8 Å². The molecule has 0 fully saturated rings. The van der Waals surface area contributed by atoms with Gasteiger partial charge in [0.1, 0.15) is 6.61 Å². The highest BCUT2D eigenvalue weighted by Gasteiger charge is 2.17. The molecule has 0 aliphatic carbocycles. The van der Waals surface area contributed by atoms with Gasteiger partial charge < -0.3 is 14.2 Å². The third kappa shape index (κ3) is 50.2. The summed E-state index contributed by atoms with van der Waals surface area (Å²) in [6.45, 7) is 7.66. The topological polar surface area (TPSA) is 61.8 Å². The first-order valence-corrected chi connectivity index (χ1v) is 26.8. The first kappa shape index (κ1) is 59.6. The molecule has 0 spiro atoms. The van der Waals surface area contributed by atoms with E-state index in [4.69, 9.17) is 14.2 Å². The van der Waals surface area contributed by atoms with Gasteiger partial charge in [0.15, 0.2) is 6.10 Å². The van der Waals surface area contributed by atoms with E-state index in [-0.39, 0.29) is 25.2 Å². The lowest BCUT2D eigenvalue weighted by atomic mass is 10.0. The fraction of sp³-hybridized carbons (Fsp3) is 0.789. The number of ether oxygens (including phenoxy) is 3. The molecular weight excluding hydrogens is 765 g/mol. The Labute approximate surface area is 385 Å². The van der Waals surface area contributed by atoms with Crippen molar-refractivity contribution in [1.29, 1.82) is 0 Å². The summed E-state index contributed by atoms with van der Waals surface area (Å²) in [5.41, 5.74) is 0. The summed E-state index contributed by atoms with van der Waals surface area (Å²) in [5.74, 6) is -0.482. The Bertz CT molecular complexity index is 1070. The molecule has 1 atom stereocenters. The van der Waals surface area contributed by atoms with Crippen LogP contribution < -0.4 is 0 Å². The van der Waals surface area contributed by atoms with Crippen molar-refractivity contribution in [3.8, 4) is 0 Å². The van der Waals surface area contributed by atoms with Crippen molar-refractivity contribution in [2.75, 3.05) is 19.8 Å². The molecule has 0 bridgehead atoms. The van der Waals surface area contributed by atoms with Crippen molar-refractivity contribution in [3.63, 3.8) is 0 Å². The molecule has 0 heterocycles. The molecule has 0 aliphatic heterocycles. The van der Waals surface area contributed by atoms with Crippen LogP contribution in [-0.4, -0.2) is 37.9 Å². The van der Waals surface area contributed by atoms with Crippen molar-refractivity contribution in [2.24, 2.45) is 0 Å². The van der Waals surface area contributed by atoms with Gasteiger partial charge in [-0.1, -0.05) is 242 Å². The fourth-order valence-electron chi connectivity index (χ4n) is 7.58. The molecular formula is C57H102O5. The predicted molar refractivity (Wildman–Crippen MR) is 270 cm³/mol. The van der Waals surface area contributed by atoms with E-state index in [1.165, 1.54) is 173 Å². The average molecular weight is 867 g/mol. The lowest BCUT2D eigenvalue weighted by Gasteiger charge is -2.18.